The average Bonchev–Trinajstić information content (AvgIpc) is 2.06. The number of para-hydroxylation sites is 1. The fourth-order valence-electron chi connectivity index (χ4n) is 1.12. The number of aromatic amines is 1. The van der Waals surface area contributed by atoms with Crippen LogP contribution in [-0.4, -0.2) is 0 Å². The second kappa shape index (κ2) is 4.64. The summed E-state index contributed by atoms with van der Waals surface area (Å²) in [6, 6.07) is 9.01. The molecule has 0 spiro atoms. The summed E-state index contributed by atoms with van der Waals surface area (Å²) in [7, 11) is 0. The van der Waals surface area contributed by atoms with Crippen molar-refractivity contribution < 1.29 is 79.0 Å². The summed E-state index contributed by atoms with van der Waals surface area (Å²) in [5, 5.41) is 12.1. The molecule has 0 saturated heterocycles. The number of pyridine rings is 1. The van der Waals surface area contributed by atoms with E-state index in [9.17, 15) is 5.11 Å². The van der Waals surface area contributed by atoms with Crippen molar-refractivity contribution in [3.8, 4) is 5.75 Å². The molecule has 0 unspecified atom stereocenters. The summed E-state index contributed by atoms with van der Waals surface area (Å²) in [4.78, 5) is 2.91. The summed E-state index contributed by atoms with van der Waals surface area (Å²) in [5.41, 5.74) is 0.676. The topological polar surface area (TPSA) is 37.2 Å². The minimum Gasteiger partial charge on any atom is -0.868 e. The molecule has 0 atom stereocenters. The summed E-state index contributed by atoms with van der Waals surface area (Å²) >= 11 is 0. The van der Waals surface area contributed by atoms with Crippen molar-refractivity contribution in [2.75, 3.05) is 0 Å². The number of nitrogens with one attached hydrogen (secondary N) is 1. The van der Waals surface area contributed by atoms with Gasteiger partial charge < -0.3 is 5.11 Å². The van der Waals surface area contributed by atoms with E-state index in [4.69, 9.17) is 0 Å². The molecule has 0 aliphatic carbocycles. The first kappa shape index (κ1) is 10.6. The third kappa shape index (κ3) is 2.04. The van der Waals surface area contributed by atoms with Gasteiger partial charge in [-0.3, -0.25) is 0 Å². The fraction of sp³-hybridized carbons (Fsp3) is 0. The predicted molar refractivity (Wildman–Crippen MR) is 39.9 cm³/mol. The maximum atomic E-state index is 11.1. The van der Waals surface area contributed by atoms with E-state index in [1.54, 1.807) is 18.3 Å². The van der Waals surface area contributed by atoms with Gasteiger partial charge in [0, 0.05) is 11.5 Å². The first-order valence-corrected chi connectivity index (χ1v) is 3.44. The second-order valence-electron chi connectivity index (χ2n) is 2.39. The molecule has 0 saturated carbocycles. The quantitative estimate of drug-likeness (QED) is 0.535. The molecule has 0 amide bonds. The van der Waals surface area contributed by atoms with Crippen molar-refractivity contribution in [2.24, 2.45) is 0 Å². The first-order valence-electron chi connectivity index (χ1n) is 3.44. The summed E-state index contributed by atoms with van der Waals surface area (Å²) < 4.78 is 0. The van der Waals surface area contributed by atoms with Crippen LogP contribution in [0.2, 0.25) is 0 Å². The summed E-state index contributed by atoms with van der Waals surface area (Å²) in [6.07, 6.45) is 1.75. The van der Waals surface area contributed by atoms with Crippen molar-refractivity contribution in [1.82, 2.24) is 0 Å². The molecular weight excluding hydrogens is 271 g/mol. The van der Waals surface area contributed by atoms with Gasteiger partial charge in [-0.15, -0.1) is 0 Å². The number of hydrogen-bond acceptors (Lipinski definition) is 1. The molecule has 3 heteroatoms. The average molecular weight is 278 g/mol. The minimum absolute atomic E-state index is 0. The Balaban J connectivity index is 0.000000720. The Morgan fingerprint density at radius 2 is 1.83 bits per heavy atom. The molecule has 2 aromatic rings. The molecule has 0 aliphatic heterocycles. The van der Waals surface area contributed by atoms with E-state index in [1.807, 2.05) is 18.2 Å². The number of benzene rings is 1. The van der Waals surface area contributed by atoms with E-state index < -0.39 is 0 Å². The zero-order chi connectivity index (χ0) is 7.68. The number of hydrogen-bond donors (Lipinski definition) is 0. The van der Waals surface area contributed by atoms with Crippen LogP contribution in [0.15, 0.2) is 36.5 Å². The van der Waals surface area contributed by atoms with Crippen LogP contribution in [0, 0.1) is 0 Å². The van der Waals surface area contributed by atoms with Gasteiger partial charge in [0.25, 0.3) is 0 Å². The molecule has 12 heavy (non-hydrogen) atoms. The van der Waals surface area contributed by atoms with Crippen molar-refractivity contribution in [2.45, 2.75) is 0 Å². The number of H-pyrrole nitrogens is 1. The van der Waals surface area contributed by atoms with Gasteiger partial charge in [-0.2, -0.15) is 0 Å². The molecule has 0 radical (unpaired) electrons. The number of fused-ring (bicyclic) bond motifs is 1. The standard InChI is InChI=1S/C9H7NO.Cs/c11-8-5-1-3-7-4-2-6-10-9(7)8;/h1-6,11H;/q;+1. The molecular formula is C9H7CsNO+. The van der Waals surface area contributed by atoms with Gasteiger partial charge in [-0.1, -0.05) is 12.1 Å². The molecule has 1 heterocycles. The van der Waals surface area contributed by atoms with Gasteiger partial charge >= 0.3 is 68.9 Å². The van der Waals surface area contributed by atoms with E-state index in [-0.39, 0.29) is 74.6 Å². The molecule has 1 aromatic carbocycles. The van der Waals surface area contributed by atoms with Gasteiger partial charge in [0.2, 0.25) is 5.52 Å². The normalized spacial score (nSPS) is 9.33. The number of rotatable bonds is 0. The Bertz CT molecular complexity index is 384. The van der Waals surface area contributed by atoms with Gasteiger partial charge in [0.1, 0.15) is 0 Å². The maximum Gasteiger partial charge on any atom is 1.00 e. The first-order chi connectivity index (χ1) is 5.38. The van der Waals surface area contributed by atoms with Gasteiger partial charge in [0.15, 0.2) is 6.20 Å². The van der Waals surface area contributed by atoms with E-state index in [1.165, 1.54) is 0 Å². The van der Waals surface area contributed by atoms with Crippen LogP contribution in [0.1, 0.15) is 0 Å². The van der Waals surface area contributed by atoms with Crippen LogP contribution in [0.5, 0.6) is 5.75 Å². The van der Waals surface area contributed by atoms with Gasteiger partial charge in [0.05, 0.1) is 0 Å². The van der Waals surface area contributed by atoms with E-state index in [0.29, 0.717) is 5.52 Å². The van der Waals surface area contributed by atoms with Crippen molar-refractivity contribution in [3.05, 3.63) is 36.5 Å². The monoisotopic (exact) mass is 278 g/mol. The van der Waals surface area contributed by atoms with Crippen molar-refractivity contribution in [1.29, 1.82) is 0 Å². The van der Waals surface area contributed by atoms with E-state index in [2.05, 4.69) is 4.98 Å². The molecule has 1 N–H and O–H groups in total. The SMILES string of the molecule is [Cs+].[O-]c1cccc2ccc[nH+]c12. The van der Waals surface area contributed by atoms with Crippen LogP contribution < -0.4 is 79.0 Å². The van der Waals surface area contributed by atoms with Crippen LogP contribution in [0.3, 0.4) is 0 Å². The molecule has 54 valence electrons. The molecule has 2 rings (SSSR count). The van der Waals surface area contributed by atoms with Crippen molar-refractivity contribution >= 4 is 10.9 Å². The molecule has 1 aromatic heterocycles. The Morgan fingerprint density at radius 3 is 2.58 bits per heavy atom. The van der Waals surface area contributed by atoms with Crippen LogP contribution >= 0.6 is 0 Å². The maximum absolute atomic E-state index is 11.1. The molecule has 0 aliphatic rings. The van der Waals surface area contributed by atoms with Gasteiger partial charge in [-0.05, 0) is 17.9 Å². The van der Waals surface area contributed by atoms with E-state index in [0.717, 1.165) is 5.39 Å². The molecule has 2 nitrogen and oxygen atoms in total. The van der Waals surface area contributed by atoms with Crippen molar-refractivity contribution in [3.63, 3.8) is 0 Å². The fourth-order valence-corrected chi connectivity index (χ4v) is 1.12. The third-order valence-corrected chi connectivity index (χ3v) is 1.66. The van der Waals surface area contributed by atoms with Crippen LogP contribution in [0.25, 0.3) is 10.9 Å². The summed E-state index contributed by atoms with van der Waals surface area (Å²) in [6.45, 7) is 0. The van der Waals surface area contributed by atoms with Crippen LogP contribution in [0.4, 0.5) is 0 Å². The summed E-state index contributed by atoms with van der Waals surface area (Å²) in [5.74, 6) is 0.0445. The Labute approximate surface area is 129 Å². The van der Waals surface area contributed by atoms with Gasteiger partial charge in [-0.25, -0.2) is 4.98 Å². The number of aromatic nitrogens is 1. The Kier molecular flexibility index (Phi) is 4.09. The Morgan fingerprint density at radius 1 is 1.08 bits per heavy atom. The van der Waals surface area contributed by atoms with E-state index >= 15 is 0 Å². The van der Waals surface area contributed by atoms with Crippen LogP contribution in [-0.2, 0) is 0 Å². The third-order valence-electron chi connectivity index (χ3n) is 1.66. The zero-order valence-electron chi connectivity index (χ0n) is 6.87. The molecule has 0 bridgehead atoms. The predicted octanol–water partition coefficient (Wildman–Crippen LogP) is -2.27. The second-order valence-corrected chi connectivity index (χ2v) is 2.39. The Hall–Kier alpha value is 0.482. The smallest absolute Gasteiger partial charge is 0.868 e. The molecule has 0 fully saturated rings. The largest absolute Gasteiger partial charge is 1.00 e. The zero-order valence-corrected chi connectivity index (χ0v) is 13.2. The minimum atomic E-state index is 0.